The predicted molar refractivity (Wildman–Crippen MR) is 70.5 cm³/mol. The number of nitrogen functional groups attached to an aromatic ring is 1. The highest BCUT2D eigenvalue weighted by Crippen LogP contribution is 2.24. The molecule has 0 saturated carbocycles. The highest BCUT2D eigenvalue weighted by atomic mass is 19.1. The van der Waals surface area contributed by atoms with E-state index in [9.17, 15) is 4.39 Å². The van der Waals surface area contributed by atoms with Crippen molar-refractivity contribution in [3.8, 4) is 17.1 Å². The molecular weight excluding hydrogens is 261 g/mol. The molecule has 8 heteroatoms. The van der Waals surface area contributed by atoms with Crippen molar-refractivity contribution in [2.24, 2.45) is 7.05 Å². The van der Waals surface area contributed by atoms with Crippen molar-refractivity contribution < 1.29 is 4.39 Å². The average Bonchev–Trinajstić information content (AvgIpc) is 2.95. The summed E-state index contributed by atoms with van der Waals surface area (Å²) >= 11 is 0. The lowest BCUT2D eigenvalue weighted by Gasteiger charge is -2.04. The minimum absolute atomic E-state index is 0.285. The number of anilines is 1. The normalized spacial score (nSPS) is 10.9. The van der Waals surface area contributed by atoms with E-state index in [1.807, 2.05) is 6.92 Å². The van der Waals surface area contributed by atoms with Crippen LogP contribution in [0.5, 0.6) is 0 Å². The Morgan fingerprint density at radius 2 is 2.10 bits per heavy atom. The second-order valence-electron chi connectivity index (χ2n) is 4.43. The molecule has 2 N–H and O–H groups in total. The maximum absolute atomic E-state index is 14.0. The van der Waals surface area contributed by atoms with Crippen molar-refractivity contribution in [3.63, 3.8) is 0 Å². The first-order chi connectivity index (χ1) is 9.56. The Hall–Kier alpha value is -2.77. The van der Waals surface area contributed by atoms with Gasteiger partial charge in [0.1, 0.15) is 11.5 Å². The van der Waals surface area contributed by atoms with Crippen LogP contribution in [0.4, 0.5) is 10.1 Å². The molecular formula is C12H12FN7. The largest absolute Gasteiger partial charge is 0.399 e. The van der Waals surface area contributed by atoms with Crippen LogP contribution in [-0.4, -0.2) is 30.0 Å². The fraction of sp³-hybridized carbons (Fsp3) is 0.167. The molecule has 102 valence electrons. The third-order valence-electron chi connectivity index (χ3n) is 2.92. The smallest absolute Gasteiger partial charge is 0.190 e. The summed E-state index contributed by atoms with van der Waals surface area (Å²) in [6.45, 7) is 1.83. The fourth-order valence-electron chi connectivity index (χ4n) is 2.03. The number of hydrogen-bond acceptors (Lipinski definition) is 5. The lowest BCUT2D eigenvalue weighted by molar-refractivity contribution is 0.629. The second-order valence-corrected chi connectivity index (χ2v) is 4.43. The zero-order valence-corrected chi connectivity index (χ0v) is 10.9. The van der Waals surface area contributed by atoms with Crippen LogP contribution in [0.3, 0.4) is 0 Å². The van der Waals surface area contributed by atoms with Crippen LogP contribution in [0.2, 0.25) is 0 Å². The highest BCUT2D eigenvalue weighted by Gasteiger charge is 2.17. The van der Waals surface area contributed by atoms with Crippen LogP contribution in [0, 0.1) is 12.7 Å². The molecule has 1 aromatic carbocycles. The van der Waals surface area contributed by atoms with E-state index in [0.29, 0.717) is 17.2 Å². The zero-order chi connectivity index (χ0) is 14.3. The minimum Gasteiger partial charge on any atom is -0.399 e. The van der Waals surface area contributed by atoms with Gasteiger partial charge in [-0.2, -0.15) is 9.78 Å². The van der Waals surface area contributed by atoms with Gasteiger partial charge in [0.25, 0.3) is 0 Å². The van der Waals surface area contributed by atoms with Crippen LogP contribution in [0.25, 0.3) is 17.1 Å². The van der Waals surface area contributed by atoms with E-state index in [4.69, 9.17) is 5.73 Å². The SMILES string of the molecule is Cc1nn(C)cc1-n1nnnc1-c1ccc(N)cc1F. The Morgan fingerprint density at radius 1 is 1.30 bits per heavy atom. The molecule has 2 heterocycles. The van der Waals surface area contributed by atoms with Gasteiger partial charge >= 0.3 is 0 Å². The fourth-order valence-corrected chi connectivity index (χ4v) is 2.03. The van der Waals surface area contributed by atoms with Crippen molar-refractivity contribution in [3.05, 3.63) is 35.9 Å². The molecule has 2 aromatic heterocycles. The summed E-state index contributed by atoms with van der Waals surface area (Å²) in [7, 11) is 1.80. The number of benzene rings is 1. The van der Waals surface area contributed by atoms with Gasteiger partial charge < -0.3 is 5.73 Å². The van der Waals surface area contributed by atoms with Crippen molar-refractivity contribution in [1.82, 2.24) is 30.0 Å². The summed E-state index contributed by atoms with van der Waals surface area (Å²) < 4.78 is 17.1. The van der Waals surface area contributed by atoms with Gasteiger partial charge in [-0.3, -0.25) is 4.68 Å². The topological polar surface area (TPSA) is 87.4 Å². The summed E-state index contributed by atoms with van der Waals surface area (Å²) in [4.78, 5) is 0. The third-order valence-corrected chi connectivity index (χ3v) is 2.92. The van der Waals surface area contributed by atoms with Crippen LogP contribution in [0.15, 0.2) is 24.4 Å². The predicted octanol–water partition coefficient (Wildman–Crippen LogP) is 1.09. The number of tetrazole rings is 1. The molecule has 0 fully saturated rings. The van der Waals surface area contributed by atoms with Gasteiger partial charge in [-0.05, 0) is 35.5 Å². The molecule has 0 bridgehead atoms. The van der Waals surface area contributed by atoms with E-state index < -0.39 is 5.82 Å². The lowest BCUT2D eigenvalue weighted by Crippen LogP contribution is -2.02. The molecule has 0 unspecified atom stereocenters. The van der Waals surface area contributed by atoms with Gasteiger partial charge in [0, 0.05) is 12.7 Å². The summed E-state index contributed by atoms with van der Waals surface area (Å²) in [5.74, 6) is -0.166. The van der Waals surface area contributed by atoms with E-state index in [1.54, 1.807) is 30.1 Å². The maximum atomic E-state index is 14.0. The molecule has 0 amide bonds. The molecule has 0 spiro atoms. The Balaban J connectivity index is 2.17. The van der Waals surface area contributed by atoms with E-state index >= 15 is 0 Å². The van der Waals surface area contributed by atoms with Gasteiger partial charge in [0.15, 0.2) is 5.82 Å². The standard InChI is InChI=1S/C12H12FN7/c1-7-11(6-19(2)16-7)20-12(15-17-18-20)9-4-3-8(14)5-10(9)13/h3-6H,14H2,1-2H3. The summed E-state index contributed by atoms with van der Waals surface area (Å²) in [6, 6.07) is 4.40. The van der Waals surface area contributed by atoms with Crippen molar-refractivity contribution in [2.45, 2.75) is 6.92 Å². The van der Waals surface area contributed by atoms with Gasteiger partial charge in [0.2, 0.25) is 0 Å². The first-order valence-corrected chi connectivity index (χ1v) is 5.90. The quantitative estimate of drug-likeness (QED) is 0.706. The molecule has 0 atom stereocenters. The number of nitrogens with zero attached hydrogens (tertiary/aromatic N) is 6. The van der Waals surface area contributed by atoms with Gasteiger partial charge in [-0.1, -0.05) is 0 Å². The molecule has 0 aliphatic heterocycles. The molecule has 7 nitrogen and oxygen atoms in total. The first-order valence-electron chi connectivity index (χ1n) is 5.90. The Kier molecular flexibility index (Phi) is 2.70. The van der Waals surface area contributed by atoms with E-state index in [1.165, 1.54) is 10.7 Å². The van der Waals surface area contributed by atoms with E-state index in [2.05, 4.69) is 20.6 Å². The number of hydrogen-bond donors (Lipinski definition) is 1. The zero-order valence-electron chi connectivity index (χ0n) is 10.9. The third kappa shape index (κ3) is 1.91. The molecule has 0 radical (unpaired) electrons. The van der Waals surface area contributed by atoms with Crippen LogP contribution < -0.4 is 5.73 Å². The van der Waals surface area contributed by atoms with Crippen LogP contribution in [0.1, 0.15) is 5.69 Å². The molecule has 0 aliphatic carbocycles. The summed E-state index contributed by atoms with van der Waals surface area (Å²) in [5, 5.41) is 15.6. The number of halogens is 1. The Labute approximate surface area is 113 Å². The number of rotatable bonds is 2. The Bertz CT molecular complexity index is 774. The van der Waals surface area contributed by atoms with Crippen LogP contribution in [-0.2, 0) is 7.05 Å². The first kappa shape index (κ1) is 12.3. The van der Waals surface area contributed by atoms with Gasteiger partial charge in [0.05, 0.1) is 17.5 Å². The monoisotopic (exact) mass is 273 g/mol. The van der Waals surface area contributed by atoms with Gasteiger partial charge in [-0.15, -0.1) is 5.10 Å². The van der Waals surface area contributed by atoms with Gasteiger partial charge in [-0.25, -0.2) is 4.39 Å². The van der Waals surface area contributed by atoms with Crippen molar-refractivity contribution in [1.29, 1.82) is 0 Å². The summed E-state index contributed by atoms with van der Waals surface area (Å²) in [6.07, 6.45) is 1.77. The molecule has 0 saturated heterocycles. The molecule has 0 aliphatic rings. The van der Waals surface area contributed by atoms with Crippen LogP contribution >= 0.6 is 0 Å². The average molecular weight is 273 g/mol. The second kappa shape index (κ2) is 4.41. The molecule has 3 aromatic rings. The van der Waals surface area contributed by atoms with Crippen molar-refractivity contribution >= 4 is 5.69 Å². The highest BCUT2D eigenvalue weighted by molar-refractivity contribution is 5.61. The molecule has 20 heavy (non-hydrogen) atoms. The lowest BCUT2D eigenvalue weighted by atomic mass is 10.2. The summed E-state index contributed by atoms with van der Waals surface area (Å²) in [5.41, 5.74) is 7.63. The Morgan fingerprint density at radius 3 is 2.75 bits per heavy atom. The number of aryl methyl sites for hydroxylation is 2. The minimum atomic E-state index is -0.470. The number of aromatic nitrogens is 6. The molecule has 3 rings (SSSR count). The van der Waals surface area contributed by atoms with E-state index in [-0.39, 0.29) is 5.56 Å². The number of nitrogens with two attached hydrogens (primary N) is 1. The van der Waals surface area contributed by atoms with E-state index in [0.717, 1.165) is 5.69 Å². The van der Waals surface area contributed by atoms with Crippen molar-refractivity contribution in [2.75, 3.05) is 5.73 Å². The maximum Gasteiger partial charge on any atom is 0.190 e.